The van der Waals surface area contributed by atoms with Crippen molar-refractivity contribution in [3.8, 4) is 0 Å². The Kier molecular flexibility index (Phi) is 4.96. The maximum Gasteiger partial charge on any atom is 0.234 e. The number of pyridine rings is 1. The first-order valence-corrected chi connectivity index (χ1v) is 8.53. The summed E-state index contributed by atoms with van der Waals surface area (Å²) in [7, 11) is 0. The van der Waals surface area contributed by atoms with E-state index in [2.05, 4.69) is 15.5 Å². The van der Waals surface area contributed by atoms with E-state index in [1.807, 2.05) is 0 Å². The second kappa shape index (κ2) is 6.97. The molecular weight excluding hydrogens is 379 g/mol. The summed E-state index contributed by atoms with van der Waals surface area (Å²) in [5.41, 5.74) is 1.13. The summed E-state index contributed by atoms with van der Waals surface area (Å²) < 4.78 is 1.65. The van der Waals surface area contributed by atoms with Crippen molar-refractivity contribution >= 4 is 63.8 Å². The molecule has 3 rings (SSSR count). The molecule has 0 unspecified atom stereocenters. The highest BCUT2D eigenvalue weighted by Crippen LogP contribution is 2.25. The van der Waals surface area contributed by atoms with Crippen LogP contribution in [0.15, 0.2) is 41.7 Å². The fraction of sp³-hybridized carbons (Fsp3) is 0.0714. The molecule has 23 heavy (non-hydrogen) atoms. The van der Waals surface area contributed by atoms with E-state index >= 15 is 0 Å². The van der Waals surface area contributed by atoms with E-state index in [4.69, 9.17) is 34.8 Å². The van der Waals surface area contributed by atoms with Gasteiger partial charge in [0.05, 0.1) is 15.8 Å². The monoisotopic (exact) mass is 386 g/mol. The lowest BCUT2D eigenvalue weighted by Gasteiger charge is -2.05. The Hall–Kier alpha value is -1.47. The molecule has 0 aliphatic rings. The van der Waals surface area contributed by atoms with Gasteiger partial charge in [-0.1, -0.05) is 52.6 Å². The van der Waals surface area contributed by atoms with Crippen molar-refractivity contribution < 1.29 is 4.79 Å². The third-order valence-electron chi connectivity index (χ3n) is 2.84. The third kappa shape index (κ3) is 3.90. The summed E-state index contributed by atoms with van der Waals surface area (Å²) in [5.74, 6) is -0.0144. The summed E-state index contributed by atoms with van der Waals surface area (Å²) in [6.45, 7) is 0. The molecule has 0 saturated heterocycles. The SMILES string of the molecule is O=C(CSc1nnc2c(Cl)cc(Cl)cn12)Nc1cccc(Cl)c1. The van der Waals surface area contributed by atoms with Gasteiger partial charge < -0.3 is 5.32 Å². The highest BCUT2D eigenvalue weighted by molar-refractivity contribution is 7.99. The van der Waals surface area contributed by atoms with Crippen LogP contribution in [0.4, 0.5) is 5.69 Å². The van der Waals surface area contributed by atoms with Gasteiger partial charge in [0.25, 0.3) is 0 Å². The first-order chi connectivity index (χ1) is 11.0. The van der Waals surface area contributed by atoms with Crippen molar-refractivity contribution in [1.82, 2.24) is 14.6 Å². The van der Waals surface area contributed by atoms with Crippen LogP contribution in [-0.2, 0) is 4.79 Å². The molecule has 1 amide bonds. The number of benzene rings is 1. The Balaban J connectivity index is 1.70. The van der Waals surface area contributed by atoms with Gasteiger partial charge in [-0.05, 0) is 24.3 Å². The number of nitrogens with zero attached hydrogens (tertiary/aromatic N) is 3. The molecule has 2 aromatic heterocycles. The lowest BCUT2D eigenvalue weighted by molar-refractivity contribution is -0.113. The van der Waals surface area contributed by atoms with E-state index < -0.39 is 0 Å². The molecule has 1 N–H and O–H groups in total. The van der Waals surface area contributed by atoms with Gasteiger partial charge >= 0.3 is 0 Å². The van der Waals surface area contributed by atoms with Gasteiger partial charge in [0.15, 0.2) is 10.8 Å². The normalized spacial score (nSPS) is 10.9. The topological polar surface area (TPSA) is 59.3 Å². The molecule has 118 valence electrons. The molecular formula is C14H9Cl3N4OS. The highest BCUT2D eigenvalue weighted by atomic mass is 35.5. The molecule has 0 aliphatic carbocycles. The number of hydrogen-bond acceptors (Lipinski definition) is 4. The van der Waals surface area contributed by atoms with Gasteiger partial charge in [-0.2, -0.15) is 0 Å². The Labute approximate surface area is 150 Å². The van der Waals surface area contributed by atoms with Gasteiger partial charge in [0.2, 0.25) is 5.91 Å². The zero-order valence-electron chi connectivity index (χ0n) is 11.5. The molecule has 0 radical (unpaired) electrons. The highest BCUT2D eigenvalue weighted by Gasteiger charge is 2.12. The number of anilines is 1. The smallest absolute Gasteiger partial charge is 0.234 e. The van der Waals surface area contributed by atoms with Crippen LogP contribution in [0.2, 0.25) is 15.1 Å². The van der Waals surface area contributed by atoms with E-state index in [1.165, 1.54) is 11.8 Å². The number of hydrogen-bond donors (Lipinski definition) is 1. The molecule has 0 saturated carbocycles. The van der Waals surface area contributed by atoms with E-state index in [9.17, 15) is 4.79 Å². The summed E-state index contributed by atoms with van der Waals surface area (Å²) in [4.78, 5) is 12.0. The number of nitrogens with one attached hydrogen (secondary N) is 1. The summed E-state index contributed by atoms with van der Waals surface area (Å²) >= 11 is 19.1. The molecule has 0 bridgehead atoms. The molecule has 0 aliphatic heterocycles. The first kappa shape index (κ1) is 16.4. The van der Waals surface area contributed by atoms with Crippen LogP contribution < -0.4 is 5.32 Å². The quantitative estimate of drug-likeness (QED) is 0.673. The molecule has 0 fully saturated rings. The second-order valence-electron chi connectivity index (χ2n) is 4.53. The van der Waals surface area contributed by atoms with E-state index in [0.717, 1.165) is 0 Å². The summed E-state index contributed by atoms with van der Waals surface area (Å²) in [5, 5.41) is 12.7. The predicted molar refractivity (Wildman–Crippen MR) is 93.8 cm³/mol. The Morgan fingerprint density at radius 3 is 2.78 bits per heavy atom. The maximum atomic E-state index is 12.0. The zero-order valence-corrected chi connectivity index (χ0v) is 14.5. The van der Waals surface area contributed by atoms with Crippen LogP contribution in [0.5, 0.6) is 0 Å². The fourth-order valence-electron chi connectivity index (χ4n) is 1.89. The third-order valence-corrected chi connectivity index (χ3v) is 4.50. The number of thioether (sulfide) groups is 1. The summed E-state index contributed by atoms with van der Waals surface area (Å²) in [6, 6.07) is 8.53. The van der Waals surface area contributed by atoms with Crippen LogP contribution in [0.25, 0.3) is 5.65 Å². The van der Waals surface area contributed by atoms with Crippen molar-refractivity contribution in [3.63, 3.8) is 0 Å². The average Bonchev–Trinajstić information content (AvgIpc) is 2.88. The van der Waals surface area contributed by atoms with Crippen molar-refractivity contribution in [2.24, 2.45) is 0 Å². The van der Waals surface area contributed by atoms with E-state index in [-0.39, 0.29) is 11.7 Å². The Morgan fingerprint density at radius 2 is 2.00 bits per heavy atom. The van der Waals surface area contributed by atoms with Gasteiger partial charge in [0, 0.05) is 16.9 Å². The summed E-state index contributed by atoms with van der Waals surface area (Å²) in [6.07, 6.45) is 1.65. The van der Waals surface area contributed by atoms with Crippen LogP contribution >= 0.6 is 46.6 Å². The van der Waals surface area contributed by atoms with Crippen molar-refractivity contribution in [3.05, 3.63) is 51.6 Å². The minimum Gasteiger partial charge on any atom is -0.325 e. The van der Waals surface area contributed by atoms with Gasteiger partial charge in [0.1, 0.15) is 0 Å². The second-order valence-corrected chi connectivity index (χ2v) is 6.75. The van der Waals surface area contributed by atoms with Crippen LogP contribution in [0.3, 0.4) is 0 Å². The van der Waals surface area contributed by atoms with Gasteiger partial charge in [-0.3, -0.25) is 9.20 Å². The molecule has 9 heteroatoms. The minimum atomic E-state index is -0.179. The van der Waals surface area contributed by atoms with Crippen molar-refractivity contribution in [2.75, 3.05) is 11.1 Å². The molecule has 0 atom stereocenters. The number of carbonyl (C=O) groups excluding carboxylic acids is 1. The van der Waals surface area contributed by atoms with Crippen LogP contribution in [0.1, 0.15) is 0 Å². The van der Waals surface area contributed by atoms with E-state index in [1.54, 1.807) is 40.9 Å². The minimum absolute atomic E-state index is 0.164. The number of carbonyl (C=O) groups is 1. The Morgan fingerprint density at radius 1 is 1.17 bits per heavy atom. The molecule has 1 aromatic carbocycles. The lowest BCUT2D eigenvalue weighted by Crippen LogP contribution is -2.14. The standard InChI is InChI=1S/C14H9Cl3N4OS/c15-8-2-1-3-10(4-8)18-12(22)7-23-14-20-19-13-11(17)5-9(16)6-21(13)14/h1-6H,7H2,(H,18,22). The maximum absolute atomic E-state index is 12.0. The van der Waals surface area contributed by atoms with Crippen LogP contribution in [-0.4, -0.2) is 26.3 Å². The number of rotatable bonds is 4. The largest absolute Gasteiger partial charge is 0.325 e. The lowest BCUT2D eigenvalue weighted by atomic mass is 10.3. The number of halogens is 3. The number of fused-ring (bicyclic) bond motifs is 1. The number of amides is 1. The fourth-order valence-corrected chi connectivity index (χ4v) is 3.30. The first-order valence-electron chi connectivity index (χ1n) is 6.41. The van der Waals surface area contributed by atoms with E-state index in [0.29, 0.717) is 31.6 Å². The van der Waals surface area contributed by atoms with Gasteiger partial charge in [-0.15, -0.1) is 10.2 Å². The zero-order chi connectivity index (χ0) is 16.4. The van der Waals surface area contributed by atoms with Crippen molar-refractivity contribution in [2.45, 2.75) is 5.16 Å². The number of aromatic nitrogens is 3. The Bertz CT molecular complexity index is 884. The predicted octanol–water partition coefficient (Wildman–Crippen LogP) is 4.42. The average molecular weight is 388 g/mol. The van der Waals surface area contributed by atoms with Gasteiger partial charge in [-0.25, -0.2) is 0 Å². The molecule has 0 spiro atoms. The van der Waals surface area contributed by atoms with Crippen molar-refractivity contribution in [1.29, 1.82) is 0 Å². The van der Waals surface area contributed by atoms with Crippen LogP contribution in [0, 0.1) is 0 Å². The molecule has 3 aromatic rings. The molecule has 5 nitrogen and oxygen atoms in total. The molecule has 2 heterocycles.